The summed E-state index contributed by atoms with van der Waals surface area (Å²) in [7, 11) is 1.56. The van der Waals surface area contributed by atoms with Crippen molar-refractivity contribution in [3.63, 3.8) is 0 Å². The first-order valence-electron chi connectivity index (χ1n) is 7.52. The Morgan fingerprint density at radius 1 is 0.957 bits per heavy atom. The van der Waals surface area contributed by atoms with Crippen molar-refractivity contribution in [1.29, 1.82) is 0 Å². The van der Waals surface area contributed by atoms with Gasteiger partial charge in [-0.05, 0) is 30.7 Å². The minimum absolute atomic E-state index is 0.109. The molecular formula is C18H21NO4. The molecule has 0 aromatic heterocycles. The second-order valence-corrected chi connectivity index (χ2v) is 4.83. The fraction of sp³-hybridized carbons (Fsp3) is 0.278. The molecule has 0 saturated heterocycles. The number of rotatable bonds is 8. The van der Waals surface area contributed by atoms with Crippen LogP contribution in [0.1, 0.15) is 13.3 Å². The van der Waals surface area contributed by atoms with Crippen LogP contribution in [0.3, 0.4) is 0 Å². The molecule has 5 heteroatoms. The molecule has 0 aliphatic rings. The Labute approximate surface area is 136 Å². The molecule has 0 saturated carbocycles. The van der Waals surface area contributed by atoms with Gasteiger partial charge in [-0.15, -0.1) is 0 Å². The summed E-state index contributed by atoms with van der Waals surface area (Å²) in [6.07, 6.45) is 0.902. The van der Waals surface area contributed by atoms with Crippen molar-refractivity contribution in [2.24, 2.45) is 0 Å². The maximum atomic E-state index is 12.1. The molecule has 0 spiro atoms. The summed E-state index contributed by atoms with van der Waals surface area (Å²) in [5.74, 6) is 1.51. The van der Waals surface area contributed by atoms with Gasteiger partial charge in [0, 0.05) is 0 Å². The Balaban J connectivity index is 1.95. The number of para-hydroxylation sites is 4. The number of ether oxygens (including phenoxy) is 3. The van der Waals surface area contributed by atoms with Gasteiger partial charge in [0.25, 0.3) is 5.91 Å². The van der Waals surface area contributed by atoms with Crippen molar-refractivity contribution in [3.8, 4) is 17.2 Å². The Hall–Kier alpha value is -2.69. The molecular weight excluding hydrogens is 294 g/mol. The summed E-state index contributed by atoms with van der Waals surface area (Å²) in [6.45, 7) is 2.52. The normalized spacial score (nSPS) is 10.0. The van der Waals surface area contributed by atoms with Gasteiger partial charge in [0.05, 0.1) is 19.4 Å². The molecule has 2 rings (SSSR count). The zero-order valence-corrected chi connectivity index (χ0v) is 13.4. The number of hydrogen-bond acceptors (Lipinski definition) is 4. The highest BCUT2D eigenvalue weighted by atomic mass is 16.5. The van der Waals surface area contributed by atoms with Crippen LogP contribution in [0.4, 0.5) is 5.69 Å². The Morgan fingerprint density at radius 3 is 2.30 bits per heavy atom. The molecule has 1 N–H and O–H groups in total. The van der Waals surface area contributed by atoms with E-state index in [0.29, 0.717) is 29.5 Å². The maximum Gasteiger partial charge on any atom is 0.262 e. The summed E-state index contributed by atoms with van der Waals surface area (Å²) in [6, 6.07) is 14.5. The minimum Gasteiger partial charge on any atom is -0.493 e. The third-order valence-electron chi connectivity index (χ3n) is 3.05. The molecule has 0 unspecified atom stereocenters. The van der Waals surface area contributed by atoms with Crippen molar-refractivity contribution in [3.05, 3.63) is 48.5 Å². The van der Waals surface area contributed by atoms with Gasteiger partial charge in [-0.25, -0.2) is 0 Å². The third-order valence-corrected chi connectivity index (χ3v) is 3.05. The van der Waals surface area contributed by atoms with Crippen molar-refractivity contribution >= 4 is 11.6 Å². The van der Waals surface area contributed by atoms with Gasteiger partial charge >= 0.3 is 0 Å². The summed E-state index contributed by atoms with van der Waals surface area (Å²) in [5.41, 5.74) is 0.634. The zero-order valence-electron chi connectivity index (χ0n) is 13.4. The van der Waals surface area contributed by atoms with Gasteiger partial charge in [-0.2, -0.15) is 0 Å². The smallest absolute Gasteiger partial charge is 0.262 e. The summed E-state index contributed by atoms with van der Waals surface area (Å²) >= 11 is 0. The van der Waals surface area contributed by atoms with Crippen LogP contribution >= 0.6 is 0 Å². The second-order valence-electron chi connectivity index (χ2n) is 4.83. The SMILES string of the molecule is CCCOc1ccccc1NC(=O)COc1ccccc1OC. The molecule has 122 valence electrons. The van der Waals surface area contributed by atoms with Crippen LogP contribution in [-0.4, -0.2) is 26.2 Å². The van der Waals surface area contributed by atoms with E-state index >= 15 is 0 Å². The molecule has 1 amide bonds. The van der Waals surface area contributed by atoms with Crippen molar-refractivity contribution < 1.29 is 19.0 Å². The lowest BCUT2D eigenvalue weighted by Gasteiger charge is -2.13. The van der Waals surface area contributed by atoms with Gasteiger partial charge < -0.3 is 19.5 Å². The van der Waals surface area contributed by atoms with E-state index in [1.54, 1.807) is 25.3 Å². The molecule has 0 bridgehead atoms. The number of hydrogen-bond donors (Lipinski definition) is 1. The maximum absolute atomic E-state index is 12.1. The molecule has 2 aromatic rings. The topological polar surface area (TPSA) is 56.8 Å². The predicted octanol–water partition coefficient (Wildman–Crippen LogP) is 3.50. The first-order chi connectivity index (χ1) is 11.2. The van der Waals surface area contributed by atoms with E-state index in [1.807, 2.05) is 37.3 Å². The van der Waals surface area contributed by atoms with Crippen LogP contribution in [0.15, 0.2) is 48.5 Å². The van der Waals surface area contributed by atoms with Gasteiger partial charge in [-0.3, -0.25) is 4.79 Å². The van der Waals surface area contributed by atoms with Crippen LogP contribution in [0, 0.1) is 0 Å². The fourth-order valence-electron chi connectivity index (χ4n) is 1.98. The standard InChI is InChI=1S/C18H21NO4/c1-3-12-22-15-9-5-4-8-14(15)19-18(20)13-23-17-11-7-6-10-16(17)21-2/h4-11H,3,12-13H2,1-2H3,(H,19,20). The Bertz CT molecular complexity index is 642. The predicted molar refractivity (Wildman–Crippen MR) is 89.3 cm³/mol. The molecule has 0 aliphatic carbocycles. The Kier molecular flexibility index (Phi) is 6.29. The minimum atomic E-state index is -0.261. The quantitative estimate of drug-likeness (QED) is 0.810. The number of amides is 1. The fourth-order valence-corrected chi connectivity index (χ4v) is 1.98. The molecule has 2 aromatic carbocycles. The van der Waals surface area contributed by atoms with E-state index in [0.717, 1.165) is 6.42 Å². The third kappa shape index (κ3) is 4.92. The molecule has 0 aliphatic heterocycles. The summed E-state index contributed by atoms with van der Waals surface area (Å²) < 4.78 is 16.3. The van der Waals surface area contributed by atoms with E-state index in [1.165, 1.54) is 0 Å². The van der Waals surface area contributed by atoms with Gasteiger partial charge in [0.2, 0.25) is 0 Å². The highest BCUT2D eigenvalue weighted by Gasteiger charge is 2.10. The number of nitrogens with one attached hydrogen (secondary N) is 1. The van der Waals surface area contributed by atoms with Crippen LogP contribution in [-0.2, 0) is 4.79 Å². The number of methoxy groups -OCH3 is 1. The number of carbonyl (C=O) groups excluding carboxylic acids is 1. The average molecular weight is 315 g/mol. The lowest BCUT2D eigenvalue weighted by atomic mass is 10.3. The van der Waals surface area contributed by atoms with Crippen LogP contribution < -0.4 is 19.5 Å². The van der Waals surface area contributed by atoms with Crippen LogP contribution in [0.5, 0.6) is 17.2 Å². The number of benzene rings is 2. The number of carbonyl (C=O) groups is 1. The summed E-state index contributed by atoms with van der Waals surface area (Å²) in [4.78, 5) is 12.1. The first kappa shape index (κ1) is 16.7. The average Bonchev–Trinajstić information content (AvgIpc) is 2.59. The lowest BCUT2D eigenvalue weighted by molar-refractivity contribution is -0.118. The van der Waals surface area contributed by atoms with E-state index < -0.39 is 0 Å². The zero-order chi connectivity index (χ0) is 16.5. The first-order valence-corrected chi connectivity index (χ1v) is 7.52. The molecule has 0 heterocycles. The van der Waals surface area contributed by atoms with Crippen LogP contribution in [0.25, 0.3) is 0 Å². The lowest BCUT2D eigenvalue weighted by Crippen LogP contribution is -2.20. The van der Waals surface area contributed by atoms with Crippen molar-refractivity contribution in [2.75, 3.05) is 25.6 Å². The van der Waals surface area contributed by atoms with Crippen molar-refractivity contribution in [1.82, 2.24) is 0 Å². The summed E-state index contributed by atoms with van der Waals surface area (Å²) in [5, 5.41) is 2.80. The largest absolute Gasteiger partial charge is 0.493 e. The van der Waals surface area contributed by atoms with Crippen molar-refractivity contribution in [2.45, 2.75) is 13.3 Å². The monoisotopic (exact) mass is 315 g/mol. The van der Waals surface area contributed by atoms with Gasteiger partial charge in [0.15, 0.2) is 18.1 Å². The molecule has 5 nitrogen and oxygen atoms in total. The number of anilines is 1. The highest BCUT2D eigenvalue weighted by Crippen LogP contribution is 2.26. The van der Waals surface area contributed by atoms with Gasteiger partial charge in [0.1, 0.15) is 5.75 Å². The molecule has 0 fully saturated rings. The molecule has 0 radical (unpaired) electrons. The molecule has 23 heavy (non-hydrogen) atoms. The van der Waals surface area contributed by atoms with E-state index in [4.69, 9.17) is 14.2 Å². The van der Waals surface area contributed by atoms with E-state index in [9.17, 15) is 4.79 Å². The molecule has 0 atom stereocenters. The van der Waals surface area contributed by atoms with E-state index in [2.05, 4.69) is 5.32 Å². The van der Waals surface area contributed by atoms with E-state index in [-0.39, 0.29) is 12.5 Å². The van der Waals surface area contributed by atoms with Crippen LogP contribution in [0.2, 0.25) is 0 Å². The highest BCUT2D eigenvalue weighted by molar-refractivity contribution is 5.93. The Morgan fingerprint density at radius 2 is 1.61 bits per heavy atom. The second kappa shape index (κ2) is 8.68. The van der Waals surface area contributed by atoms with Gasteiger partial charge in [-0.1, -0.05) is 31.2 Å².